The van der Waals surface area contributed by atoms with Crippen molar-refractivity contribution in [1.29, 1.82) is 0 Å². The zero-order valence-corrected chi connectivity index (χ0v) is 11.1. The summed E-state index contributed by atoms with van der Waals surface area (Å²) in [7, 11) is 1.99. The summed E-state index contributed by atoms with van der Waals surface area (Å²) in [5.41, 5.74) is 1.29. The van der Waals surface area contributed by atoms with Gasteiger partial charge in [0.1, 0.15) is 17.6 Å². The fourth-order valence-electron chi connectivity index (χ4n) is 1.81. The highest BCUT2D eigenvalue weighted by Crippen LogP contribution is 2.20. The lowest BCUT2D eigenvalue weighted by atomic mass is 10.2. The van der Waals surface area contributed by atoms with Crippen LogP contribution in [0.5, 0.6) is 0 Å². The van der Waals surface area contributed by atoms with E-state index in [4.69, 9.17) is 4.42 Å². The summed E-state index contributed by atoms with van der Waals surface area (Å²) in [6, 6.07) is 3.85. The fourth-order valence-corrected chi connectivity index (χ4v) is 1.81. The van der Waals surface area contributed by atoms with Crippen LogP contribution in [0.25, 0.3) is 0 Å². The zero-order valence-electron chi connectivity index (χ0n) is 11.1. The molecule has 0 amide bonds. The maximum absolute atomic E-state index is 5.50. The maximum Gasteiger partial charge on any atom is 0.133 e. The van der Waals surface area contributed by atoms with Crippen molar-refractivity contribution < 1.29 is 4.42 Å². The van der Waals surface area contributed by atoms with Crippen LogP contribution >= 0.6 is 0 Å². The number of nitrogens with one attached hydrogen (secondary N) is 1. The Bertz CT molecular complexity index is 507. The Morgan fingerprint density at radius 3 is 2.94 bits per heavy atom. The van der Waals surface area contributed by atoms with Gasteiger partial charge in [-0.3, -0.25) is 5.32 Å². The van der Waals surface area contributed by atoms with Gasteiger partial charge >= 0.3 is 0 Å². The molecule has 0 spiro atoms. The highest BCUT2D eigenvalue weighted by molar-refractivity contribution is 5.16. The maximum atomic E-state index is 5.50. The minimum Gasteiger partial charge on any atom is -0.467 e. The van der Waals surface area contributed by atoms with E-state index in [1.54, 1.807) is 12.5 Å². The molecule has 0 aliphatic rings. The molecule has 1 unspecified atom stereocenters. The molecule has 18 heavy (non-hydrogen) atoms. The predicted molar refractivity (Wildman–Crippen MR) is 71.2 cm³/mol. The number of hydrogen-bond acceptors (Lipinski definition) is 3. The number of furan rings is 1. The van der Waals surface area contributed by atoms with Crippen molar-refractivity contribution in [3.05, 3.63) is 54.0 Å². The molecule has 1 N–H and O–H groups in total. The van der Waals surface area contributed by atoms with E-state index in [-0.39, 0.29) is 6.04 Å². The first-order valence-electron chi connectivity index (χ1n) is 6.06. The van der Waals surface area contributed by atoms with Crippen molar-refractivity contribution in [2.75, 3.05) is 6.54 Å². The Hall–Kier alpha value is -1.81. The largest absolute Gasteiger partial charge is 0.467 e. The molecule has 2 rings (SSSR count). The zero-order chi connectivity index (χ0) is 13.0. The second-order valence-corrected chi connectivity index (χ2v) is 4.53. The first-order valence-corrected chi connectivity index (χ1v) is 6.06. The van der Waals surface area contributed by atoms with E-state index >= 15 is 0 Å². The summed E-state index contributed by atoms with van der Waals surface area (Å²) in [6.07, 6.45) is 7.58. The van der Waals surface area contributed by atoms with Gasteiger partial charge in [-0.05, 0) is 26.0 Å². The van der Waals surface area contributed by atoms with Crippen LogP contribution in [0.15, 0.2) is 46.9 Å². The predicted octanol–water partition coefficient (Wildman–Crippen LogP) is 2.66. The Labute approximate surface area is 107 Å². The fraction of sp³-hybridized carbons (Fsp3) is 0.357. The van der Waals surface area contributed by atoms with E-state index in [0.717, 1.165) is 18.1 Å². The van der Waals surface area contributed by atoms with E-state index in [0.29, 0.717) is 0 Å². The van der Waals surface area contributed by atoms with Crippen molar-refractivity contribution in [2.45, 2.75) is 19.9 Å². The highest BCUT2D eigenvalue weighted by atomic mass is 16.3. The molecule has 0 radical (unpaired) electrons. The summed E-state index contributed by atoms with van der Waals surface area (Å²) >= 11 is 0. The summed E-state index contributed by atoms with van der Waals surface area (Å²) in [5, 5.41) is 3.44. The number of aryl methyl sites for hydroxylation is 1. The lowest BCUT2D eigenvalue weighted by Gasteiger charge is -2.15. The van der Waals surface area contributed by atoms with Crippen LogP contribution in [-0.4, -0.2) is 16.1 Å². The lowest BCUT2D eigenvalue weighted by molar-refractivity contribution is 0.440. The molecule has 0 fully saturated rings. The molecule has 4 nitrogen and oxygen atoms in total. The molecular formula is C14H19N3O. The number of nitrogens with zero attached hydrogens (tertiary/aromatic N) is 2. The van der Waals surface area contributed by atoms with Crippen molar-refractivity contribution in [3.63, 3.8) is 0 Å². The molecule has 1 atom stereocenters. The highest BCUT2D eigenvalue weighted by Gasteiger charge is 2.19. The molecule has 2 aromatic rings. The molecule has 0 bridgehead atoms. The van der Waals surface area contributed by atoms with Gasteiger partial charge in [-0.2, -0.15) is 0 Å². The SMILES string of the molecule is CC(C)=CCNC(c1ccco1)c1nccn1C. The summed E-state index contributed by atoms with van der Waals surface area (Å²) in [4.78, 5) is 4.39. The van der Waals surface area contributed by atoms with Gasteiger partial charge in [0.05, 0.1) is 6.26 Å². The van der Waals surface area contributed by atoms with E-state index in [9.17, 15) is 0 Å². The minimum atomic E-state index is -0.0180. The average Bonchev–Trinajstić information content (AvgIpc) is 2.96. The Balaban J connectivity index is 2.19. The molecule has 2 aromatic heterocycles. The van der Waals surface area contributed by atoms with Crippen LogP contribution < -0.4 is 5.32 Å². The van der Waals surface area contributed by atoms with Crippen molar-refractivity contribution in [1.82, 2.24) is 14.9 Å². The van der Waals surface area contributed by atoms with E-state index in [1.807, 2.05) is 29.9 Å². The van der Waals surface area contributed by atoms with Crippen LogP contribution in [-0.2, 0) is 7.05 Å². The van der Waals surface area contributed by atoms with Crippen LogP contribution in [0.4, 0.5) is 0 Å². The Morgan fingerprint density at radius 1 is 1.56 bits per heavy atom. The van der Waals surface area contributed by atoms with Gasteiger partial charge in [0.2, 0.25) is 0 Å². The summed E-state index contributed by atoms with van der Waals surface area (Å²) in [6.45, 7) is 4.97. The van der Waals surface area contributed by atoms with E-state index in [2.05, 4.69) is 30.2 Å². The molecular weight excluding hydrogens is 226 g/mol. The number of allylic oxidation sites excluding steroid dienone is 1. The van der Waals surface area contributed by atoms with Gasteiger partial charge in [0.15, 0.2) is 0 Å². The standard InChI is InChI=1S/C14H19N3O/c1-11(2)6-7-15-13(12-5-4-10-18-12)14-16-8-9-17(14)3/h4-6,8-10,13,15H,7H2,1-3H3. The number of hydrogen-bond donors (Lipinski definition) is 1. The number of imidazole rings is 1. The Kier molecular flexibility index (Phi) is 3.99. The van der Waals surface area contributed by atoms with Crippen molar-refractivity contribution in [3.8, 4) is 0 Å². The molecule has 2 heterocycles. The quantitative estimate of drug-likeness (QED) is 0.823. The first kappa shape index (κ1) is 12.6. The van der Waals surface area contributed by atoms with Gasteiger partial charge in [-0.15, -0.1) is 0 Å². The molecule has 0 aromatic carbocycles. The van der Waals surface area contributed by atoms with E-state index < -0.39 is 0 Å². The normalized spacial score (nSPS) is 12.4. The van der Waals surface area contributed by atoms with Crippen LogP contribution in [0.3, 0.4) is 0 Å². The second kappa shape index (κ2) is 5.69. The van der Waals surface area contributed by atoms with Crippen LogP contribution in [0.2, 0.25) is 0 Å². The molecule has 0 saturated heterocycles. The third-order valence-electron chi connectivity index (χ3n) is 2.78. The number of aromatic nitrogens is 2. The molecule has 0 aliphatic carbocycles. The first-order chi connectivity index (χ1) is 8.68. The van der Waals surface area contributed by atoms with Gasteiger partial charge in [-0.25, -0.2) is 4.98 Å². The summed E-state index contributed by atoms with van der Waals surface area (Å²) < 4.78 is 7.50. The average molecular weight is 245 g/mol. The monoisotopic (exact) mass is 245 g/mol. The smallest absolute Gasteiger partial charge is 0.133 e. The molecule has 96 valence electrons. The lowest BCUT2D eigenvalue weighted by Crippen LogP contribution is -2.25. The van der Waals surface area contributed by atoms with Crippen LogP contribution in [0.1, 0.15) is 31.5 Å². The third-order valence-corrected chi connectivity index (χ3v) is 2.78. The Morgan fingerprint density at radius 2 is 2.39 bits per heavy atom. The van der Waals surface area contributed by atoms with Crippen molar-refractivity contribution in [2.24, 2.45) is 7.05 Å². The molecule has 4 heteroatoms. The van der Waals surface area contributed by atoms with E-state index in [1.165, 1.54) is 5.57 Å². The van der Waals surface area contributed by atoms with Crippen molar-refractivity contribution >= 4 is 0 Å². The van der Waals surface area contributed by atoms with Gasteiger partial charge in [-0.1, -0.05) is 11.6 Å². The third kappa shape index (κ3) is 2.90. The van der Waals surface area contributed by atoms with Gasteiger partial charge < -0.3 is 8.98 Å². The number of rotatable bonds is 5. The van der Waals surface area contributed by atoms with Crippen LogP contribution in [0, 0.1) is 0 Å². The second-order valence-electron chi connectivity index (χ2n) is 4.53. The molecule has 0 saturated carbocycles. The van der Waals surface area contributed by atoms with Gasteiger partial charge in [0.25, 0.3) is 0 Å². The minimum absolute atomic E-state index is 0.0180. The van der Waals surface area contributed by atoms with Gasteiger partial charge in [0, 0.05) is 26.0 Å². The molecule has 0 aliphatic heterocycles. The topological polar surface area (TPSA) is 43.0 Å². The summed E-state index contributed by atoms with van der Waals surface area (Å²) in [5.74, 6) is 1.83.